The highest BCUT2D eigenvalue weighted by atomic mass is 16.3. The molecule has 0 aliphatic carbocycles. The molecule has 0 spiro atoms. The minimum absolute atomic E-state index is 0.213. The van der Waals surface area contributed by atoms with Crippen molar-refractivity contribution in [3.63, 3.8) is 0 Å². The third-order valence-electron chi connectivity index (χ3n) is 3.84. The van der Waals surface area contributed by atoms with Gasteiger partial charge in [-0.25, -0.2) is 0 Å². The second kappa shape index (κ2) is 5.94. The molecule has 0 bridgehead atoms. The predicted octanol–water partition coefficient (Wildman–Crippen LogP) is 4.74. The van der Waals surface area contributed by atoms with E-state index in [2.05, 4.69) is 37.4 Å². The Labute approximate surface area is 141 Å². The topological polar surface area (TPSA) is 71.0 Å². The van der Waals surface area contributed by atoms with Crippen molar-refractivity contribution < 1.29 is 5.11 Å². The normalized spacial score (nSPS) is 12.1. The maximum absolute atomic E-state index is 9.87. The van der Waals surface area contributed by atoms with E-state index in [1.807, 2.05) is 24.3 Å². The fourth-order valence-electron chi connectivity index (χ4n) is 2.58. The van der Waals surface area contributed by atoms with Gasteiger partial charge in [0.05, 0.1) is 26.8 Å². The van der Waals surface area contributed by atoms with E-state index in [-0.39, 0.29) is 5.75 Å². The maximum Gasteiger partial charge on any atom is 0.160 e. The van der Waals surface area contributed by atoms with E-state index in [0.29, 0.717) is 10.2 Å². The average Bonchev–Trinajstić information content (AvgIpc) is 2.53. The Morgan fingerprint density at radius 1 is 0.875 bits per heavy atom. The van der Waals surface area contributed by atoms with E-state index in [1.165, 1.54) is 0 Å². The number of benzene rings is 3. The molecule has 0 radical (unpaired) electrons. The number of phenolic OH excluding ortho intramolecular Hbond substituents is 1. The summed E-state index contributed by atoms with van der Waals surface area (Å²) in [5, 5.41) is 20.6. The molecule has 0 fully saturated rings. The molecule has 0 saturated heterocycles. The van der Waals surface area contributed by atoms with Crippen LogP contribution in [0.15, 0.2) is 64.8 Å². The number of hydrogen-bond acceptors (Lipinski definition) is 4. The number of nitrogens with zero attached hydrogens (tertiary/aromatic N) is 3. The second-order valence-electron chi connectivity index (χ2n) is 6.64. The first-order valence-electron chi connectivity index (χ1n) is 7.69. The lowest BCUT2D eigenvalue weighted by molar-refractivity contribution is 0.476. The summed E-state index contributed by atoms with van der Waals surface area (Å²) in [6.45, 7) is 0. The van der Waals surface area contributed by atoms with Crippen molar-refractivity contribution in [2.75, 3.05) is 26.9 Å². The quantitative estimate of drug-likeness (QED) is 0.415. The Balaban J connectivity index is 2.19. The average molecular weight is 321 g/mol. The third-order valence-corrected chi connectivity index (χ3v) is 3.84. The van der Waals surface area contributed by atoms with Crippen LogP contribution in [0.5, 0.6) is 5.75 Å². The molecule has 0 aliphatic rings. The summed E-state index contributed by atoms with van der Waals surface area (Å²) in [5.74, 6) is 0.213. The second-order valence-corrected chi connectivity index (χ2v) is 6.64. The van der Waals surface area contributed by atoms with E-state index in [0.717, 1.165) is 27.8 Å². The van der Waals surface area contributed by atoms with E-state index < -0.39 is 0 Å². The largest absolute Gasteiger partial charge is 0.508 e. The van der Waals surface area contributed by atoms with Crippen LogP contribution in [0.25, 0.3) is 10.8 Å². The van der Waals surface area contributed by atoms with Gasteiger partial charge in [0, 0.05) is 17.1 Å². The molecule has 3 N–H and O–H groups in total. The Bertz CT molecular complexity index is 909. The zero-order chi connectivity index (χ0) is 17.3. The molecule has 0 amide bonds. The van der Waals surface area contributed by atoms with Gasteiger partial charge in [0.2, 0.25) is 0 Å². The predicted molar refractivity (Wildman–Crippen MR) is 100 cm³/mol. The van der Waals surface area contributed by atoms with Crippen LogP contribution in [0.4, 0.5) is 22.7 Å². The SMILES string of the molecule is C[N+](C)(C)c1ccc2ccc(O)cc2c1N=Nc1ccc(N)cc1. The lowest BCUT2D eigenvalue weighted by Crippen LogP contribution is -2.34. The maximum atomic E-state index is 9.87. The van der Waals surface area contributed by atoms with Crippen LogP contribution >= 0.6 is 0 Å². The number of hydrogen-bond donors (Lipinski definition) is 2. The molecular weight excluding hydrogens is 300 g/mol. The Morgan fingerprint density at radius 2 is 1.54 bits per heavy atom. The number of quaternary nitrogens is 1. The van der Waals surface area contributed by atoms with E-state index in [1.54, 1.807) is 24.3 Å². The first-order chi connectivity index (χ1) is 11.3. The molecule has 0 atom stereocenters. The van der Waals surface area contributed by atoms with E-state index >= 15 is 0 Å². The number of aromatic hydroxyl groups is 1. The van der Waals surface area contributed by atoms with Crippen molar-refractivity contribution in [1.82, 2.24) is 4.48 Å². The van der Waals surface area contributed by atoms with Gasteiger partial charge in [-0.3, -0.25) is 4.48 Å². The Morgan fingerprint density at radius 3 is 2.21 bits per heavy atom. The molecule has 0 aromatic heterocycles. The minimum Gasteiger partial charge on any atom is -0.508 e. The summed E-state index contributed by atoms with van der Waals surface area (Å²) in [6, 6.07) is 16.6. The highest BCUT2D eigenvalue weighted by molar-refractivity contribution is 5.98. The number of azo groups is 1. The lowest BCUT2D eigenvalue weighted by Gasteiger charge is -2.25. The minimum atomic E-state index is 0.213. The summed E-state index contributed by atoms with van der Waals surface area (Å²) < 4.78 is 0.599. The summed E-state index contributed by atoms with van der Waals surface area (Å²) in [4.78, 5) is 0. The van der Waals surface area contributed by atoms with Gasteiger partial charge in [0.1, 0.15) is 5.75 Å². The zero-order valence-corrected chi connectivity index (χ0v) is 14.1. The number of anilines is 1. The molecule has 122 valence electrons. The van der Waals surface area contributed by atoms with Crippen molar-refractivity contribution in [3.8, 4) is 5.75 Å². The van der Waals surface area contributed by atoms with Crippen molar-refractivity contribution in [2.45, 2.75) is 0 Å². The van der Waals surface area contributed by atoms with Crippen LogP contribution in [0.3, 0.4) is 0 Å². The number of fused-ring (bicyclic) bond motifs is 1. The monoisotopic (exact) mass is 321 g/mol. The molecule has 24 heavy (non-hydrogen) atoms. The molecule has 3 rings (SSSR count). The van der Waals surface area contributed by atoms with Crippen LogP contribution < -0.4 is 10.2 Å². The van der Waals surface area contributed by atoms with Crippen LogP contribution in [0, 0.1) is 0 Å². The fourth-order valence-corrected chi connectivity index (χ4v) is 2.58. The standard InChI is InChI=1S/C19H20N4O/c1-23(2,3)18-11-5-13-4-10-16(24)12-17(13)19(18)22-21-15-8-6-14(20)7-9-15/h4-12H,1-3H3,(H2-,20,21,22,24)/p+1. The van der Waals surface area contributed by atoms with Crippen molar-refractivity contribution >= 4 is 33.5 Å². The molecule has 5 nitrogen and oxygen atoms in total. The highest BCUT2D eigenvalue weighted by Gasteiger charge is 2.20. The van der Waals surface area contributed by atoms with Crippen LogP contribution in [0.1, 0.15) is 0 Å². The zero-order valence-electron chi connectivity index (χ0n) is 14.1. The third kappa shape index (κ3) is 3.21. The number of nitrogens with two attached hydrogens (primary N) is 1. The fraction of sp³-hybridized carbons (Fsp3) is 0.158. The molecular formula is C19H21N4O+. The summed E-state index contributed by atoms with van der Waals surface area (Å²) in [6.07, 6.45) is 0. The van der Waals surface area contributed by atoms with Gasteiger partial charge in [-0.05, 0) is 47.9 Å². The lowest BCUT2D eigenvalue weighted by atomic mass is 10.1. The Hall–Kier alpha value is -2.92. The Kier molecular flexibility index (Phi) is 3.95. The van der Waals surface area contributed by atoms with Gasteiger partial charge >= 0.3 is 0 Å². The van der Waals surface area contributed by atoms with E-state index in [9.17, 15) is 5.11 Å². The summed E-state index contributed by atoms with van der Waals surface area (Å²) in [7, 11) is 6.23. The van der Waals surface area contributed by atoms with Gasteiger partial charge in [-0.1, -0.05) is 6.07 Å². The van der Waals surface area contributed by atoms with Crippen molar-refractivity contribution in [2.24, 2.45) is 10.2 Å². The summed E-state index contributed by atoms with van der Waals surface area (Å²) >= 11 is 0. The van der Waals surface area contributed by atoms with Crippen LogP contribution in [-0.2, 0) is 0 Å². The van der Waals surface area contributed by atoms with Gasteiger partial charge in [0.15, 0.2) is 11.4 Å². The van der Waals surface area contributed by atoms with Gasteiger partial charge < -0.3 is 10.8 Å². The number of rotatable bonds is 3. The first-order valence-corrected chi connectivity index (χ1v) is 7.69. The highest BCUT2D eigenvalue weighted by Crippen LogP contribution is 2.40. The van der Waals surface area contributed by atoms with Crippen LogP contribution in [0.2, 0.25) is 0 Å². The van der Waals surface area contributed by atoms with E-state index in [4.69, 9.17) is 5.73 Å². The molecule has 0 saturated carbocycles. The number of nitrogen functional groups attached to an aromatic ring is 1. The molecule has 3 aromatic rings. The van der Waals surface area contributed by atoms with Gasteiger partial charge in [0.25, 0.3) is 0 Å². The first kappa shape index (κ1) is 16.0. The molecule has 0 heterocycles. The molecule has 3 aromatic carbocycles. The van der Waals surface area contributed by atoms with Gasteiger partial charge in [-0.2, -0.15) is 5.11 Å². The smallest absolute Gasteiger partial charge is 0.160 e. The summed E-state index contributed by atoms with van der Waals surface area (Å²) in [5.41, 5.74) is 8.90. The van der Waals surface area contributed by atoms with Crippen molar-refractivity contribution in [1.29, 1.82) is 0 Å². The van der Waals surface area contributed by atoms with Crippen molar-refractivity contribution in [3.05, 3.63) is 54.6 Å². The molecule has 0 unspecified atom stereocenters. The number of phenols is 1. The molecule has 0 aliphatic heterocycles. The van der Waals surface area contributed by atoms with Gasteiger partial charge in [-0.15, -0.1) is 5.11 Å². The van der Waals surface area contributed by atoms with Crippen LogP contribution in [-0.4, -0.2) is 26.2 Å². The molecule has 5 heteroatoms.